The molecule has 2 fully saturated rings. The summed E-state index contributed by atoms with van der Waals surface area (Å²) in [6.07, 6.45) is 6.98. The first-order valence-electron chi connectivity index (χ1n) is 9.79. The maximum atomic E-state index is 13.0. The second kappa shape index (κ2) is 7.31. The van der Waals surface area contributed by atoms with E-state index in [0.717, 1.165) is 55.8 Å². The highest BCUT2D eigenvalue weighted by Gasteiger charge is 2.38. The van der Waals surface area contributed by atoms with Gasteiger partial charge < -0.3 is 15.1 Å². The molecule has 1 aromatic carbocycles. The molecule has 2 aromatic rings. The minimum atomic E-state index is 0.107. The highest BCUT2D eigenvalue weighted by Crippen LogP contribution is 2.37. The van der Waals surface area contributed by atoms with E-state index in [1.165, 1.54) is 6.42 Å². The Labute approximate surface area is 161 Å². The van der Waals surface area contributed by atoms with Crippen LogP contribution in [0.25, 0.3) is 11.1 Å². The van der Waals surface area contributed by atoms with Gasteiger partial charge in [0.15, 0.2) is 0 Å². The number of nitrogens with one attached hydrogen (secondary N) is 1. The lowest BCUT2D eigenvalue weighted by Crippen LogP contribution is -2.44. The number of piperidine rings is 1. The third-order valence-corrected chi connectivity index (χ3v) is 6.15. The smallest absolute Gasteiger partial charge is 0.255 e. The molecular weight excluding hydrogens is 336 g/mol. The summed E-state index contributed by atoms with van der Waals surface area (Å²) in [6, 6.07) is 10.3. The summed E-state index contributed by atoms with van der Waals surface area (Å²) in [7, 11) is 4.06. The molecule has 4 rings (SSSR count). The number of pyridine rings is 1. The van der Waals surface area contributed by atoms with Gasteiger partial charge in [-0.3, -0.25) is 9.78 Å². The van der Waals surface area contributed by atoms with Crippen LogP contribution in [0.2, 0.25) is 0 Å². The molecule has 1 amide bonds. The van der Waals surface area contributed by atoms with E-state index in [1.807, 2.05) is 31.3 Å². The van der Waals surface area contributed by atoms with E-state index in [0.29, 0.717) is 11.0 Å². The van der Waals surface area contributed by atoms with Crippen LogP contribution >= 0.6 is 0 Å². The van der Waals surface area contributed by atoms with Crippen molar-refractivity contribution in [1.29, 1.82) is 0 Å². The Balaban J connectivity index is 1.48. The number of rotatable bonds is 3. The molecule has 0 saturated carbocycles. The first-order valence-corrected chi connectivity index (χ1v) is 9.79. The van der Waals surface area contributed by atoms with Crippen molar-refractivity contribution >= 4 is 11.6 Å². The zero-order valence-electron chi connectivity index (χ0n) is 16.2. The van der Waals surface area contributed by atoms with Crippen LogP contribution < -0.4 is 10.2 Å². The Morgan fingerprint density at radius 1 is 1.07 bits per heavy atom. The van der Waals surface area contributed by atoms with Crippen LogP contribution in [0.4, 0.5) is 5.69 Å². The van der Waals surface area contributed by atoms with Crippen LogP contribution in [-0.2, 0) is 0 Å². The van der Waals surface area contributed by atoms with Gasteiger partial charge in [-0.2, -0.15) is 0 Å². The van der Waals surface area contributed by atoms with E-state index in [1.54, 1.807) is 6.20 Å². The van der Waals surface area contributed by atoms with Crippen molar-refractivity contribution in [3.05, 3.63) is 48.3 Å². The highest BCUT2D eigenvalue weighted by molar-refractivity contribution is 5.95. The fraction of sp³-hybridized carbons (Fsp3) is 0.455. The molecule has 2 aliphatic heterocycles. The van der Waals surface area contributed by atoms with Crippen molar-refractivity contribution in [2.24, 2.45) is 5.41 Å². The zero-order chi connectivity index (χ0) is 18.9. The minimum Gasteiger partial charge on any atom is -0.378 e. The zero-order valence-corrected chi connectivity index (χ0v) is 16.2. The fourth-order valence-electron chi connectivity index (χ4n) is 4.26. The molecule has 2 saturated heterocycles. The standard InChI is InChI=1S/C22H28N4O/c1-25(2)20-5-3-17(4-6-20)18-13-19(15-24-14-18)21(27)26-11-8-22(9-12-26)7-10-23-16-22/h3-6,13-15,23H,7-12,16H2,1-2H3. The monoisotopic (exact) mass is 364 g/mol. The normalized spacial score (nSPS) is 18.7. The Morgan fingerprint density at radius 3 is 2.44 bits per heavy atom. The third-order valence-electron chi connectivity index (χ3n) is 6.15. The topological polar surface area (TPSA) is 48.5 Å². The molecule has 0 unspecified atom stereocenters. The van der Waals surface area contributed by atoms with Gasteiger partial charge in [0.2, 0.25) is 0 Å². The van der Waals surface area contributed by atoms with Gasteiger partial charge in [0, 0.05) is 57.4 Å². The number of nitrogens with zero attached hydrogens (tertiary/aromatic N) is 3. The van der Waals surface area contributed by atoms with Gasteiger partial charge in [0.1, 0.15) is 0 Å². The van der Waals surface area contributed by atoms with E-state index in [2.05, 4.69) is 39.5 Å². The number of aromatic nitrogens is 1. The molecule has 5 nitrogen and oxygen atoms in total. The molecular formula is C22H28N4O. The van der Waals surface area contributed by atoms with Crippen molar-refractivity contribution in [2.75, 3.05) is 45.2 Å². The van der Waals surface area contributed by atoms with Gasteiger partial charge >= 0.3 is 0 Å². The lowest BCUT2D eigenvalue weighted by molar-refractivity contribution is 0.0607. The number of hydrogen-bond donors (Lipinski definition) is 1. The molecule has 0 radical (unpaired) electrons. The molecule has 1 N–H and O–H groups in total. The summed E-state index contributed by atoms with van der Waals surface area (Å²) in [5.74, 6) is 0.107. The van der Waals surface area contributed by atoms with Gasteiger partial charge in [-0.25, -0.2) is 0 Å². The highest BCUT2D eigenvalue weighted by atomic mass is 16.2. The van der Waals surface area contributed by atoms with Gasteiger partial charge in [-0.15, -0.1) is 0 Å². The first kappa shape index (κ1) is 18.0. The van der Waals surface area contributed by atoms with Crippen LogP contribution in [0, 0.1) is 5.41 Å². The maximum absolute atomic E-state index is 13.0. The van der Waals surface area contributed by atoms with Crippen molar-refractivity contribution in [3.8, 4) is 11.1 Å². The minimum absolute atomic E-state index is 0.107. The van der Waals surface area contributed by atoms with Crippen LogP contribution in [-0.4, -0.2) is 56.1 Å². The molecule has 0 bridgehead atoms. The molecule has 0 aliphatic carbocycles. The van der Waals surface area contributed by atoms with Gasteiger partial charge in [0.25, 0.3) is 5.91 Å². The Morgan fingerprint density at radius 2 is 1.81 bits per heavy atom. The number of carbonyl (C=O) groups excluding carboxylic acids is 1. The summed E-state index contributed by atoms with van der Waals surface area (Å²) in [6.45, 7) is 3.92. The first-order chi connectivity index (χ1) is 13.1. The number of hydrogen-bond acceptors (Lipinski definition) is 4. The largest absolute Gasteiger partial charge is 0.378 e. The molecule has 1 spiro atoms. The summed E-state index contributed by atoms with van der Waals surface area (Å²) in [5.41, 5.74) is 4.33. The SMILES string of the molecule is CN(C)c1ccc(-c2cncc(C(=O)N3CCC4(CCNC4)CC3)c2)cc1. The quantitative estimate of drug-likeness (QED) is 0.909. The molecule has 142 valence electrons. The number of carbonyl (C=O) groups is 1. The van der Waals surface area contributed by atoms with Crippen LogP contribution in [0.3, 0.4) is 0 Å². The number of amides is 1. The second-order valence-corrected chi connectivity index (χ2v) is 8.12. The molecule has 2 aliphatic rings. The van der Waals surface area contributed by atoms with Crippen LogP contribution in [0.1, 0.15) is 29.6 Å². The predicted molar refractivity (Wildman–Crippen MR) is 109 cm³/mol. The summed E-state index contributed by atoms with van der Waals surface area (Å²) < 4.78 is 0. The average Bonchev–Trinajstić information content (AvgIpc) is 3.16. The number of likely N-dealkylation sites (tertiary alicyclic amines) is 1. The van der Waals surface area contributed by atoms with Gasteiger partial charge in [-0.1, -0.05) is 12.1 Å². The molecule has 27 heavy (non-hydrogen) atoms. The molecule has 5 heteroatoms. The van der Waals surface area contributed by atoms with E-state index < -0.39 is 0 Å². The molecule has 0 atom stereocenters. The van der Waals surface area contributed by atoms with Crippen molar-refractivity contribution < 1.29 is 4.79 Å². The number of benzene rings is 1. The van der Waals surface area contributed by atoms with Gasteiger partial charge in [-0.05, 0) is 55.0 Å². The van der Waals surface area contributed by atoms with E-state index in [9.17, 15) is 4.79 Å². The lowest BCUT2D eigenvalue weighted by Gasteiger charge is -2.38. The van der Waals surface area contributed by atoms with E-state index >= 15 is 0 Å². The van der Waals surface area contributed by atoms with Gasteiger partial charge in [0.05, 0.1) is 5.56 Å². The van der Waals surface area contributed by atoms with E-state index in [-0.39, 0.29) is 5.91 Å². The third kappa shape index (κ3) is 3.69. The Hall–Kier alpha value is -2.40. The second-order valence-electron chi connectivity index (χ2n) is 8.12. The van der Waals surface area contributed by atoms with Crippen molar-refractivity contribution in [3.63, 3.8) is 0 Å². The fourth-order valence-corrected chi connectivity index (χ4v) is 4.26. The maximum Gasteiger partial charge on any atom is 0.255 e. The average molecular weight is 364 g/mol. The lowest BCUT2D eigenvalue weighted by atomic mass is 9.78. The number of anilines is 1. The Bertz CT molecular complexity index is 799. The molecule has 1 aromatic heterocycles. The Kier molecular flexibility index (Phi) is 4.87. The molecule has 3 heterocycles. The summed E-state index contributed by atoms with van der Waals surface area (Å²) in [5, 5.41) is 3.48. The summed E-state index contributed by atoms with van der Waals surface area (Å²) in [4.78, 5) is 21.4. The van der Waals surface area contributed by atoms with Crippen molar-refractivity contribution in [2.45, 2.75) is 19.3 Å². The van der Waals surface area contributed by atoms with E-state index in [4.69, 9.17) is 0 Å². The van der Waals surface area contributed by atoms with Crippen LogP contribution in [0.5, 0.6) is 0 Å². The van der Waals surface area contributed by atoms with Crippen molar-refractivity contribution in [1.82, 2.24) is 15.2 Å². The predicted octanol–water partition coefficient (Wildman–Crippen LogP) is 3.03. The van der Waals surface area contributed by atoms with Crippen LogP contribution in [0.15, 0.2) is 42.7 Å². The summed E-state index contributed by atoms with van der Waals surface area (Å²) >= 11 is 0.